The first-order valence-corrected chi connectivity index (χ1v) is 8.27. The topological polar surface area (TPSA) is 95.7 Å². The van der Waals surface area contributed by atoms with E-state index >= 15 is 0 Å². The average Bonchev–Trinajstić information content (AvgIpc) is 2.36. The summed E-state index contributed by atoms with van der Waals surface area (Å²) in [6, 6.07) is 3.95. The second-order valence-corrected chi connectivity index (χ2v) is 7.43. The number of sulfone groups is 1. The Morgan fingerprint density at radius 1 is 1.29 bits per heavy atom. The zero-order valence-corrected chi connectivity index (χ0v) is 13.5. The van der Waals surface area contributed by atoms with E-state index in [1.54, 1.807) is 7.11 Å². The highest BCUT2D eigenvalue weighted by Gasteiger charge is 2.18. The Hall–Kier alpha value is -1.60. The van der Waals surface area contributed by atoms with Crippen LogP contribution in [0.15, 0.2) is 23.1 Å². The van der Waals surface area contributed by atoms with Crippen LogP contribution in [0.25, 0.3) is 0 Å². The van der Waals surface area contributed by atoms with Crippen LogP contribution in [0.5, 0.6) is 0 Å². The predicted octanol–water partition coefficient (Wildman–Crippen LogP) is 1.64. The largest absolute Gasteiger partial charge is 0.462 e. The minimum Gasteiger partial charge on any atom is -0.462 e. The fraction of sp³-hybridized carbons (Fsp3) is 0.500. The van der Waals surface area contributed by atoms with Crippen molar-refractivity contribution in [2.45, 2.75) is 30.8 Å². The van der Waals surface area contributed by atoms with Crippen molar-refractivity contribution in [1.29, 1.82) is 0 Å². The number of ether oxygens (including phenoxy) is 2. The molecule has 0 aromatic heterocycles. The molecule has 6 nitrogen and oxygen atoms in total. The Bertz CT molecular complexity index is 622. The molecule has 0 aliphatic heterocycles. The Kier molecular flexibility index (Phi) is 5.36. The van der Waals surface area contributed by atoms with Gasteiger partial charge in [-0.25, -0.2) is 13.2 Å². The summed E-state index contributed by atoms with van der Waals surface area (Å²) in [5.41, 5.74) is 5.54. The van der Waals surface area contributed by atoms with Gasteiger partial charge in [-0.05, 0) is 32.0 Å². The molecule has 0 unspecified atom stereocenters. The number of methoxy groups -OCH3 is 1. The van der Waals surface area contributed by atoms with Gasteiger partial charge in [0.25, 0.3) is 0 Å². The van der Waals surface area contributed by atoms with Crippen LogP contribution in [0.4, 0.5) is 5.69 Å². The van der Waals surface area contributed by atoms with Crippen molar-refractivity contribution in [1.82, 2.24) is 0 Å². The number of hydrogen-bond acceptors (Lipinski definition) is 6. The van der Waals surface area contributed by atoms with Gasteiger partial charge < -0.3 is 15.2 Å². The molecule has 0 bridgehead atoms. The number of carbonyl (C=O) groups excluding carboxylic acids is 1. The molecule has 0 radical (unpaired) electrons. The molecule has 0 aliphatic carbocycles. The first kappa shape index (κ1) is 17.5. The molecule has 1 aromatic rings. The zero-order valence-electron chi connectivity index (χ0n) is 12.7. The van der Waals surface area contributed by atoms with Crippen LogP contribution in [0.3, 0.4) is 0 Å². The second-order valence-electron chi connectivity index (χ2n) is 5.41. The summed E-state index contributed by atoms with van der Waals surface area (Å²) in [4.78, 5) is 11.9. The molecule has 2 N–H and O–H groups in total. The smallest absolute Gasteiger partial charge is 0.338 e. The number of esters is 1. The average molecular weight is 315 g/mol. The van der Waals surface area contributed by atoms with E-state index in [-0.39, 0.29) is 22.8 Å². The molecule has 118 valence electrons. The summed E-state index contributed by atoms with van der Waals surface area (Å²) in [7, 11) is -1.86. The van der Waals surface area contributed by atoms with Crippen LogP contribution in [0.2, 0.25) is 0 Å². The highest BCUT2D eigenvalue weighted by atomic mass is 32.2. The van der Waals surface area contributed by atoms with E-state index in [2.05, 4.69) is 0 Å². The molecule has 0 atom stereocenters. The lowest BCUT2D eigenvalue weighted by Gasteiger charge is -2.22. The van der Waals surface area contributed by atoms with Gasteiger partial charge in [-0.3, -0.25) is 0 Å². The van der Waals surface area contributed by atoms with E-state index < -0.39 is 21.4 Å². The second kappa shape index (κ2) is 6.44. The van der Waals surface area contributed by atoms with Crippen LogP contribution < -0.4 is 5.73 Å². The van der Waals surface area contributed by atoms with Crippen LogP contribution in [0, 0.1) is 0 Å². The number of benzene rings is 1. The molecule has 0 amide bonds. The molecular formula is C14H21NO5S. The van der Waals surface area contributed by atoms with Gasteiger partial charge in [0, 0.05) is 25.5 Å². The van der Waals surface area contributed by atoms with Gasteiger partial charge in [-0.1, -0.05) is 0 Å². The van der Waals surface area contributed by atoms with Crippen molar-refractivity contribution in [3.05, 3.63) is 23.8 Å². The van der Waals surface area contributed by atoms with Crippen LogP contribution in [-0.4, -0.2) is 40.0 Å². The third kappa shape index (κ3) is 5.35. The van der Waals surface area contributed by atoms with Gasteiger partial charge in [0.05, 0.1) is 22.7 Å². The number of anilines is 1. The summed E-state index contributed by atoms with van der Waals surface area (Å²) in [5.74, 6) is -0.612. The minimum absolute atomic E-state index is 0.00771. The SMILES string of the molecule is COC(C)(C)CCOC(=O)c1cc(N)cc(S(C)(=O)=O)c1. The molecule has 1 rings (SSSR count). The molecule has 1 aromatic carbocycles. The Labute approximate surface area is 125 Å². The molecule has 0 fully saturated rings. The maximum absolute atomic E-state index is 11.9. The van der Waals surface area contributed by atoms with Gasteiger partial charge in [0.15, 0.2) is 9.84 Å². The lowest BCUT2D eigenvalue weighted by Crippen LogP contribution is -2.25. The van der Waals surface area contributed by atoms with Crippen LogP contribution >= 0.6 is 0 Å². The van der Waals surface area contributed by atoms with E-state index in [0.717, 1.165) is 6.26 Å². The first-order valence-electron chi connectivity index (χ1n) is 6.38. The quantitative estimate of drug-likeness (QED) is 0.633. The highest BCUT2D eigenvalue weighted by molar-refractivity contribution is 7.90. The monoisotopic (exact) mass is 315 g/mol. The van der Waals surface area contributed by atoms with Crippen molar-refractivity contribution in [3.8, 4) is 0 Å². The van der Waals surface area contributed by atoms with Crippen molar-refractivity contribution in [2.75, 3.05) is 25.7 Å². The number of rotatable bonds is 6. The van der Waals surface area contributed by atoms with Gasteiger partial charge in [0.2, 0.25) is 0 Å². The molecule has 7 heteroatoms. The Morgan fingerprint density at radius 3 is 2.43 bits per heavy atom. The molecule has 0 saturated carbocycles. The van der Waals surface area contributed by atoms with Gasteiger partial charge >= 0.3 is 5.97 Å². The van der Waals surface area contributed by atoms with Crippen molar-refractivity contribution in [2.24, 2.45) is 0 Å². The van der Waals surface area contributed by atoms with E-state index in [9.17, 15) is 13.2 Å². The van der Waals surface area contributed by atoms with E-state index in [1.807, 2.05) is 13.8 Å². The molecule has 21 heavy (non-hydrogen) atoms. The molecule has 0 heterocycles. The summed E-state index contributed by atoms with van der Waals surface area (Å²) in [6.45, 7) is 3.93. The standard InChI is InChI=1S/C14H21NO5S/c1-14(2,19-3)5-6-20-13(16)10-7-11(15)9-12(8-10)21(4,17)18/h7-9H,5-6,15H2,1-4H3. The summed E-state index contributed by atoms with van der Waals surface area (Å²) in [5, 5.41) is 0. The third-order valence-electron chi connectivity index (χ3n) is 3.08. The summed E-state index contributed by atoms with van der Waals surface area (Å²) < 4.78 is 33.4. The van der Waals surface area contributed by atoms with Crippen molar-refractivity contribution in [3.63, 3.8) is 0 Å². The number of nitrogen functional groups attached to an aromatic ring is 1. The lowest BCUT2D eigenvalue weighted by atomic mass is 10.1. The number of carbonyl (C=O) groups is 1. The lowest BCUT2D eigenvalue weighted by molar-refractivity contribution is -0.00564. The van der Waals surface area contributed by atoms with Crippen LogP contribution in [0.1, 0.15) is 30.6 Å². The Morgan fingerprint density at radius 2 is 1.90 bits per heavy atom. The van der Waals surface area contributed by atoms with Gasteiger partial charge in [-0.15, -0.1) is 0 Å². The predicted molar refractivity (Wildman–Crippen MR) is 80.0 cm³/mol. The van der Waals surface area contributed by atoms with Gasteiger partial charge in [-0.2, -0.15) is 0 Å². The van der Waals surface area contributed by atoms with E-state index in [0.29, 0.717) is 6.42 Å². The maximum Gasteiger partial charge on any atom is 0.338 e. The molecule has 0 saturated heterocycles. The summed E-state index contributed by atoms with van der Waals surface area (Å²) >= 11 is 0. The fourth-order valence-corrected chi connectivity index (χ4v) is 2.22. The number of nitrogens with two attached hydrogens (primary N) is 1. The fourth-order valence-electron chi connectivity index (χ4n) is 1.53. The minimum atomic E-state index is -3.44. The normalized spacial score (nSPS) is 12.2. The van der Waals surface area contributed by atoms with Crippen molar-refractivity contribution >= 4 is 21.5 Å². The maximum atomic E-state index is 11.9. The zero-order chi connectivity index (χ0) is 16.3. The summed E-state index contributed by atoms with van der Waals surface area (Å²) in [6.07, 6.45) is 1.58. The molecule has 0 spiro atoms. The third-order valence-corrected chi connectivity index (χ3v) is 4.17. The number of hydrogen-bond donors (Lipinski definition) is 1. The van der Waals surface area contributed by atoms with E-state index in [4.69, 9.17) is 15.2 Å². The van der Waals surface area contributed by atoms with Crippen molar-refractivity contribution < 1.29 is 22.7 Å². The first-order chi connectivity index (χ1) is 9.55. The molecule has 0 aliphatic rings. The van der Waals surface area contributed by atoms with E-state index in [1.165, 1.54) is 18.2 Å². The van der Waals surface area contributed by atoms with Gasteiger partial charge in [0.1, 0.15) is 0 Å². The highest BCUT2D eigenvalue weighted by Crippen LogP contribution is 2.18. The Balaban J connectivity index is 2.82. The molecular weight excluding hydrogens is 294 g/mol. The van der Waals surface area contributed by atoms with Crippen LogP contribution in [-0.2, 0) is 19.3 Å².